The van der Waals surface area contributed by atoms with Crippen LogP contribution in [0.1, 0.15) is 355 Å². The number of carbonyl (C=O) groups is 3. The van der Waals surface area contributed by atoms with Crippen LogP contribution in [0.3, 0.4) is 0 Å². The lowest BCUT2D eigenvalue weighted by molar-refractivity contribution is -0.167. The molecule has 0 aliphatic rings. The first kappa shape index (κ1) is 70.6. The Balaban J connectivity index is 4.22. The zero-order chi connectivity index (χ0) is 52.9. The first-order valence-electron chi connectivity index (χ1n) is 32.5. The highest BCUT2D eigenvalue weighted by molar-refractivity contribution is 5.71. The molecule has 0 N–H and O–H groups in total. The molecule has 6 nitrogen and oxygen atoms in total. The van der Waals surface area contributed by atoms with E-state index in [-0.39, 0.29) is 31.1 Å². The van der Waals surface area contributed by atoms with E-state index < -0.39 is 6.10 Å². The molecule has 0 heterocycles. The molecule has 1 atom stereocenters. The van der Waals surface area contributed by atoms with Crippen molar-refractivity contribution >= 4 is 17.9 Å². The average molecular weight is 1030 g/mol. The van der Waals surface area contributed by atoms with E-state index >= 15 is 0 Å². The summed E-state index contributed by atoms with van der Waals surface area (Å²) >= 11 is 0. The topological polar surface area (TPSA) is 78.9 Å². The molecule has 73 heavy (non-hydrogen) atoms. The molecule has 0 fully saturated rings. The van der Waals surface area contributed by atoms with Crippen LogP contribution >= 0.6 is 0 Å². The maximum atomic E-state index is 12.9. The fourth-order valence-electron chi connectivity index (χ4n) is 9.75. The van der Waals surface area contributed by atoms with Crippen molar-refractivity contribution in [1.82, 2.24) is 0 Å². The molecule has 0 aromatic rings. The van der Waals surface area contributed by atoms with Gasteiger partial charge in [-0.05, 0) is 57.8 Å². The van der Waals surface area contributed by atoms with E-state index in [9.17, 15) is 14.4 Å². The van der Waals surface area contributed by atoms with Crippen molar-refractivity contribution < 1.29 is 28.6 Å². The van der Waals surface area contributed by atoms with E-state index in [0.717, 1.165) is 77.0 Å². The Labute approximate surface area is 455 Å². The van der Waals surface area contributed by atoms with Gasteiger partial charge in [0.25, 0.3) is 0 Å². The standard InChI is InChI=1S/C67H124O6/c1-4-7-10-13-16-19-22-24-26-28-30-31-32-33-34-35-37-38-40-42-45-48-51-54-57-60-66(69)72-63-64(62-71-65(68)59-56-53-50-47-44-21-18-15-12-9-6-3)73-67(70)61-58-55-52-49-46-43-41-39-36-29-27-25-23-20-17-14-11-8-5-2/h17,20,25,27,36,39,64H,4-16,18-19,21-24,26,28-35,37-38,40-63H2,1-3H3/b20-17-,27-25-,39-36-. The second-order valence-corrected chi connectivity index (χ2v) is 22.0. The fourth-order valence-corrected chi connectivity index (χ4v) is 9.75. The molecule has 6 heteroatoms. The monoisotopic (exact) mass is 1020 g/mol. The maximum absolute atomic E-state index is 12.9. The van der Waals surface area contributed by atoms with Crippen LogP contribution in [0.15, 0.2) is 36.5 Å². The van der Waals surface area contributed by atoms with Crippen LogP contribution in [0.5, 0.6) is 0 Å². The predicted octanol–water partition coefficient (Wildman–Crippen LogP) is 22.0. The molecule has 1 unspecified atom stereocenters. The lowest BCUT2D eigenvalue weighted by Crippen LogP contribution is -2.30. The lowest BCUT2D eigenvalue weighted by Gasteiger charge is -2.18. The minimum atomic E-state index is -0.775. The summed E-state index contributed by atoms with van der Waals surface area (Å²) in [6.07, 6.45) is 75.9. The Morgan fingerprint density at radius 2 is 0.493 bits per heavy atom. The molecule has 0 spiro atoms. The Hall–Kier alpha value is -2.37. The predicted molar refractivity (Wildman–Crippen MR) is 316 cm³/mol. The van der Waals surface area contributed by atoms with Gasteiger partial charge in [0, 0.05) is 19.3 Å². The Morgan fingerprint density at radius 3 is 0.795 bits per heavy atom. The molecule has 0 rings (SSSR count). The number of unbranched alkanes of at least 4 members (excludes halogenated alkanes) is 43. The number of allylic oxidation sites excluding steroid dienone is 6. The third-order valence-corrected chi connectivity index (χ3v) is 14.6. The molecule has 0 bridgehead atoms. The van der Waals surface area contributed by atoms with Gasteiger partial charge in [0.05, 0.1) is 0 Å². The Kier molecular flexibility index (Phi) is 60.2. The van der Waals surface area contributed by atoms with Crippen molar-refractivity contribution in [2.45, 2.75) is 361 Å². The second-order valence-electron chi connectivity index (χ2n) is 22.0. The van der Waals surface area contributed by atoms with E-state index in [2.05, 4.69) is 57.2 Å². The number of esters is 3. The summed E-state index contributed by atoms with van der Waals surface area (Å²) in [6, 6.07) is 0. The van der Waals surface area contributed by atoms with E-state index in [1.165, 1.54) is 238 Å². The Bertz CT molecular complexity index is 1220. The van der Waals surface area contributed by atoms with Crippen molar-refractivity contribution in [2.75, 3.05) is 13.2 Å². The number of ether oxygens (including phenoxy) is 3. The van der Waals surface area contributed by atoms with Gasteiger partial charge >= 0.3 is 17.9 Å². The van der Waals surface area contributed by atoms with Crippen LogP contribution in [0, 0.1) is 0 Å². The van der Waals surface area contributed by atoms with Gasteiger partial charge in [-0.1, -0.05) is 314 Å². The molecule has 0 aliphatic carbocycles. The molecule has 0 aliphatic heterocycles. The zero-order valence-electron chi connectivity index (χ0n) is 49.2. The van der Waals surface area contributed by atoms with E-state index in [4.69, 9.17) is 14.2 Å². The van der Waals surface area contributed by atoms with Gasteiger partial charge in [-0.3, -0.25) is 14.4 Å². The SMILES string of the molecule is CCCCC/C=C\C/C=C\C/C=C\CCCCCCCCC(=O)OC(COC(=O)CCCCCCCCCCCCC)COC(=O)CCCCCCCCCCCCCCCCCCCCCCCCCCC. The number of rotatable bonds is 60. The summed E-state index contributed by atoms with van der Waals surface area (Å²) in [5.74, 6) is -0.862. The summed E-state index contributed by atoms with van der Waals surface area (Å²) in [5.41, 5.74) is 0. The van der Waals surface area contributed by atoms with Gasteiger partial charge in [0.2, 0.25) is 0 Å². The van der Waals surface area contributed by atoms with Crippen molar-refractivity contribution in [3.05, 3.63) is 36.5 Å². The molecule has 0 saturated carbocycles. The maximum Gasteiger partial charge on any atom is 0.306 e. The molecular weight excluding hydrogens is 901 g/mol. The van der Waals surface area contributed by atoms with Crippen molar-refractivity contribution in [1.29, 1.82) is 0 Å². The third-order valence-electron chi connectivity index (χ3n) is 14.6. The van der Waals surface area contributed by atoms with Crippen molar-refractivity contribution in [3.8, 4) is 0 Å². The van der Waals surface area contributed by atoms with Crippen LogP contribution in [-0.2, 0) is 28.6 Å². The van der Waals surface area contributed by atoms with Crippen molar-refractivity contribution in [2.24, 2.45) is 0 Å². The van der Waals surface area contributed by atoms with Gasteiger partial charge < -0.3 is 14.2 Å². The summed E-state index contributed by atoms with van der Waals surface area (Å²) < 4.78 is 16.9. The van der Waals surface area contributed by atoms with Gasteiger partial charge in [-0.2, -0.15) is 0 Å². The van der Waals surface area contributed by atoms with Gasteiger partial charge in [-0.15, -0.1) is 0 Å². The molecule has 0 aromatic carbocycles. The quantitative estimate of drug-likeness (QED) is 0.0261. The van der Waals surface area contributed by atoms with Crippen LogP contribution in [0.4, 0.5) is 0 Å². The first-order valence-corrected chi connectivity index (χ1v) is 32.5. The van der Waals surface area contributed by atoms with Gasteiger partial charge in [-0.25, -0.2) is 0 Å². The molecule has 0 amide bonds. The van der Waals surface area contributed by atoms with Crippen LogP contribution in [0.25, 0.3) is 0 Å². The minimum Gasteiger partial charge on any atom is -0.462 e. The number of hydrogen-bond acceptors (Lipinski definition) is 6. The molecule has 0 saturated heterocycles. The van der Waals surface area contributed by atoms with Gasteiger partial charge in [0.15, 0.2) is 6.10 Å². The van der Waals surface area contributed by atoms with Crippen LogP contribution in [0.2, 0.25) is 0 Å². The summed E-state index contributed by atoms with van der Waals surface area (Å²) in [4.78, 5) is 38.2. The average Bonchev–Trinajstić information content (AvgIpc) is 3.39. The Morgan fingerprint density at radius 1 is 0.274 bits per heavy atom. The molecule has 0 radical (unpaired) electrons. The van der Waals surface area contributed by atoms with E-state index in [0.29, 0.717) is 19.3 Å². The smallest absolute Gasteiger partial charge is 0.306 e. The van der Waals surface area contributed by atoms with E-state index in [1.54, 1.807) is 0 Å². The summed E-state index contributed by atoms with van der Waals surface area (Å²) in [7, 11) is 0. The second kappa shape index (κ2) is 62.2. The highest BCUT2D eigenvalue weighted by atomic mass is 16.6. The van der Waals surface area contributed by atoms with Crippen LogP contribution < -0.4 is 0 Å². The normalized spacial score (nSPS) is 12.2. The first-order chi connectivity index (χ1) is 36.0. The fraction of sp³-hybridized carbons (Fsp3) is 0.866. The lowest BCUT2D eigenvalue weighted by atomic mass is 10.0. The number of carbonyl (C=O) groups excluding carboxylic acids is 3. The highest BCUT2D eigenvalue weighted by Crippen LogP contribution is 2.18. The van der Waals surface area contributed by atoms with Crippen molar-refractivity contribution in [3.63, 3.8) is 0 Å². The molecule has 0 aromatic heterocycles. The zero-order valence-corrected chi connectivity index (χ0v) is 49.2. The largest absolute Gasteiger partial charge is 0.462 e. The van der Waals surface area contributed by atoms with Crippen LogP contribution in [-0.4, -0.2) is 37.2 Å². The molecule has 428 valence electrons. The van der Waals surface area contributed by atoms with Gasteiger partial charge in [0.1, 0.15) is 13.2 Å². The summed E-state index contributed by atoms with van der Waals surface area (Å²) in [5, 5.41) is 0. The molecular formula is C67H124O6. The number of hydrogen-bond donors (Lipinski definition) is 0. The summed E-state index contributed by atoms with van der Waals surface area (Å²) in [6.45, 7) is 6.65. The van der Waals surface area contributed by atoms with E-state index in [1.807, 2.05) is 0 Å². The highest BCUT2D eigenvalue weighted by Gasteiger charge is 2.19. The third kappa shape index (κ3) is 60.4. The minimum absolute atomic E-state index is 0.0724.